The zero-order valence-electron chi connectivity index (χ0n) is 10.3. The fourth-order valence-corrected chi connectivity index (χ4v) is 2.76. The summed E-state index contributed by atoms with van der Waals surface area (Å²) in [4.78, 5) is 0. The lowest BCUT2D eigenvalue weighted by atomic mass is 9.93. The molecule has 0 bridgehead atoms. The molecule has 19 heavy (non-hydrogen) atoms. The standard InChI is InChI=1S/C15H12Cl2FN/c1-15(12-7-6-11(17)8-13(12)18)14(19-15)9-2-4-10(16)5-3-9/h2-8,14,19H,1H3. The molecule has 1 nitrogen and oxygen atoms in total. The zero-order valence-corrected chi connectivity index (χ0v) is 11.8. The Balaban J connectivity index is 1.92. The highest BCUT2D eigenvalue weighted by Gasteiger charge is 2.52. The van der Waals surface area contributed by atoms with E-state index >= 15 is 0 Å². The van der Waals surface area contributed by atoms with Crippen molar-refractivity contribution in [3.8, 4) is 0 Å². The predicted octanol–water partition coefficient (Wildman–Crippen LogP) is 4.69. The van der Waals surface area contributed by atoms with Crippen LogP contribution in [0.3, 0.4) is 0 Å². The fourth-order valence-electron chi connectivity index (χ4n) is 2.47. The number of rotatable bonds is 2. The van der Waals surface area contributed by atoms with Gasteiger partial charge in [-0.3, -0.25) is 5.32 Å². The van der Waals surface area contributed by atoms with E-state index in [9.17, 15) is 4.39 Å². The monoisotopic (exact) mass is 295 g/mol. The summed E-state index contributed by atoms with van der Waals surface area (Å²) in [5.74, 6) is -0.279. The van der Waals surface area contributed by atoms with Crippen LogP contribution >= 0.6 is 23.2 Å². The van der Waals surface area contributed by atoms with Crippen molar-refractivity contribution in [3.63, 3.8) is 0 Å². The van der Waals surface area contributed by atoms with E-state index in [1.54, 1.807) is 12.1 Å². The molecule has 0 aromatic heterocycles. The number of benzene rings is 2. The van der Waals surface area contributed by atoms with E-state index in [0.717, 1.165) is 5.56 Å². The van der Waals surface area contributed by atoms with Crippen LogP contribution in [0.5, 0.6) is 0 Å². The molecule has 98 valence electrons. The Morgan fingerprint density at radius 3 is 2.32 bits per heavy atom. The van der Waals surface area contributed by atoms with Crippen LogP contribution in [0.25, 0.3) is 0 Å². The van der Waals surface area contributed by atoms with Crippen molar-refractivity contribution < 1.29 is 4.39 Å². The Morgan fingerprint density at radius 1 is 1.05 bits per heavy atom. The van der Waals surface area contributed by atoms with Crippen molar-refractivity contribution in [2.75, 3.05) is 0 Å². The highest BCUT2D eigenvalue weighted by Crippen LogP contribution is 2.49. The van der Waals surface area contributed by atoms with Gasteiger partial charge in [-0.25, -0.2) is 4.39 Å². The third-order valence-electron chi connectivity index (χ3n) is 3.63. The summed E-state index contributed by atoms with van der Waals surface area (Å²) >= 11 is 11.7. The first-order chi connectivity index (χ1) is 9.00. The summed E-state index contributed by atoms with van der Waals surface area (Å²) in [6.45, 7) is 1.98. The van der Waals surface area contributed by atoms with Gasteiger partial charge in [0.25, 0.3) is 0 Å². The first-order valence-electron chi connectivity index (χ1n) is 5.99. The van der Waals surface area contributed by atoms with Crippen LogP contribution in [-0.4, -0.2) is 0 Å². The van der Waals surface area contributed by atoms with Crippen molar-refractivity contribution in [1.82, 2.24) is 5.32 Å². The second-order valence-electron chi connectivity index (χ2n) is 4.96. The third kappa shape index (κ3) is 2.25. The Kier molecular flexibility index (Phi) is 3.05. The lowest BCUT2D eigenvalue weighted by Gasteiger charge is -2.11. The number of nitrogens with one attached hydrogen (secondary N) is 1. The van der Waals surface area contributed by atoms with Gasteiger partial charge in [0.2, 0.25) is 0 Å². The summed E-state index contributed by atoms with van der Waals surface area (Å²) in [6.07, 6.45) is 0. The van der Waals surface area contributed by atoms with Crippen LogP contribution in [0, 0.1) is 5.82 Å². The minimum atomic E-state index is -0.386. The van der Waals surface area contributed by atoms with Gasteiger partial charge in [0.15, 0.2) is 0 Å². The van der Waals surface area contributed by atoms with Crippen LogP contribution in [0.2, 0.25) is 10.0 Å². The molecule has 2 aromatic rings. The predicted molar refractivity (Wildman–Crippen MR) is 76.1 cm³/mol. The molecule has 0 aliphatic carbocycles. The lowest BCUT2D eigenvalue weighted by molar-refractivity contribution is 0.576. The molecule has 1 heterocycles. The van der Waals surface area contributed by atoms with Gasteiger partial charge in [0.1, 0.15) is 5.82 Å². The first kappa shape index (κ1) is 12.9. The molecule has 1 fully saturated rings. The second kappa shape index (κ2) is 4.48. The van der Waals surface area contributed by atoms with Crippen molar-refractivity contribution >= 4 is 23.2 Å². The van der Waals surface area contributed by atoms with Crippen LogP contribution in [-0.2, 0) is 5.54 Å². The lowest BCUT2D eigenvalue weighted by Crippen LogP contribution is -2.10. The minimum Gasteiger partial charge on any atom is -0.297 e. The first-order valence-corrected chi connectivity index (χ1v) is 6.75. The van der Waals surface area contributed by atoms with E-state index in [1.165, 1.54) is 6.07 Å². The van der Waals surface area contributed by atoms with Crippen molar-refractivity contribution in [2.45, 2.75) is 18.5 Å². The van der Waals surface area contributed by atoms with Gasteiger partial charge in [-0.1, -0.05) is 41.4 Å². The molecule has 1 saturated heterocycles. The Bertz CT molecular complexity index is 627. The van der Waals surface area contributed by atoms with Crippen LogP contribution in [0.4, 0.5) is 4.39 Å². The Morgan fingerprint density at radius 2 is 1.68 bits per heavy atom. The van der Waals surface area contributed by atoms with Gasteiger partial charge in [-0.05, 0) is 36.8 Å². The molecule has 0 saturated carbocycles. The number of hydrogen-bond acceptors (Lipinski definition) is 1. The number of hydrogen-bond donors (Lipinski definition) is 1. The van der Waals surface area contributed by atoms with Crippen molar-refractivity contribution in [1.29, 1.82) is 0 Å². The summed E-state index contributed by atoms with van der Waals surface area (Å²) < 4.78 is 14.0. The van der Waals surface area contributed by atoms with Crippen LogP contribution in [0.15, 0.2) is 42.5 Å². The second-order valence-corrected chi connectivity index (χ2v) is 5.83. The molecule has 0 spiro atoms. The van der Waals surface area contributed by atoms with Gasteiger partial charge >= 0.3 is 0 Å². The maximum Gasteiger partial charge on any atom is 0.129 e. The molecule has 1 aliphatic rings. The zero-order chi connectivity index (χ0) is 13.6. The maximum absolute atomic E-state index is 14.0. The summed E-state index contributed by atoms with van der Waals surface area (Å²) in [5, 5.41) is 4.44. The summed E-state index contributed by atoms with van der Waals surface area (Å²) in [5.41, 5.74) is 1.35. The molecule has 2 atom stereocenters. The summed E-state index contributed by atoms with van der Waals surface area (Å²) in [7, 11) is 0. The number of halogens is 3. The van der Waals surface area contributed by atoms with E-state index in [4.69, 9.17) is 23.2 Å². The third-order valence-corrected chi connectivity index (χ3v) is 4.12. The van der Waals surface area contributed by atoms with E-state index in [2.05, 4.69) is 5.32 Å². The Labute approximate surface area is 121 Å². The van der Waals surface area contributed by atoms with Gasteiger partial charge in [0.05, 0.1) is 11.6 Å². The summed E-state index contributed by atoms with van der Waals surface area (Å²) in [6, 6.07) is 12.5. The van der Waals surface area contributed by atoms with E-state index in [-0.39, 0.29) is 17.4 Å². The topological polar surface area (TPSA) is 21.9 Å². The molecule has 4 heteroatoms. The Hall–Kier alpha value is -1.09. The van der Waals surface area contributed by atoms with Gasteiger partial charge in [-0.2, -0.15) is 0 Å². The van der Waals surface area contributed by atoms with E-state index < -0.39 is 0 Å². The average Bonchev–Trinajstić information content (AvgIpc) is 3.03. The van der Waals surface area contributed by atoms with Gasteiger partial charge < -0.3 is 0 Å². The average molecular weight is 296 g/mol. The molecule has 1 aliphatic heterocycles. The molecule has 3 rings (SSSR count). The largest absolute Gasteiger partial charge is 0.297 e. The highest BCUT2D eigenvalue weighted by atomic mass is 35.5. The molecule has 2 unspecified atom stereocenters. The van der Waals surface area contributed by atoms with Crippen LogP contribution < -0.4 is 5.32 Å². The maximum atomic E-state index is 14.0. The molecule has 2 aromatic carbocycles. The highest BCUT2D eigenvalue weighted by molar-refractivity contribution is 6.30. The molecular formula is C15H12Cl2FN. The molecular weight excluding hydrogens is 284 g/mol. The van der Waals surface area contributed by atoms with E-state index in [1.807, 2.05) is 31.2 Å². The molecule has 0 radical (unpaired) electrons. The van der Waals surface area contributed by atoms with E-state index in [0.29, 0.717) is 15.6 Å². The van der Waals surface area contributed by atoms with Crippen LogP contribution in [0.1, 0.15) is 24.1 Å². The normalized spacial score (nSPS) is 25.4. The SMILES string of the molecule is CC1(c2ccc(Cl)cc2F)NC1c1ccc(Cl)cc1. The fraction of sp³-hybridized carbons (Fsp3) is 0.200. The van der Waals surface area contributed by atoms with Crippen molar-refractivity contribution in [2.24, 2.45) is 0 Å². The van der Waals surface area contributed by atoms with Gasteiger partial charge in [-0.15, -0.1) is 0 Å². The molecule has 1 N–H and O–H groups in total. The minimum absolute atomic E-state index is 0.0976. The van der Waals surface area contributed by atoms with Gasteiger partial charge in [0, 0.05) is 15.6 Å². The van der Waals surface area contributed by atoms with Crippen molar-refractivity contribution in [3.05, 3.63) is 69.5 Å². The smallest absolute Gasteiger partial charge is 0.129 e. The quantitative estimate of drug-likeness (QED) is 0.798. The molecule has 0 amide bonds.